The molecule has 1 unspecified atom stereocenters. The molecule has 1 aromatic heterocycles. The lowest BCUT2D eigenvalue weighted by molar-refractivity contribution is -0.146. The summed E-state index contributed by atoms with van der Waals surface area (Å²) >= 11 is 0. The van der Waals surface area contributed by atoms with Crippen LogP contribution in [0, 0.1) is 5.92 Å². The van der Waals surface area contributed by atoms with E-state index in [4.69, 9.17) is 4.52 Å². The summed E-state index contributed by atoms with van der Waals surface area (Å²) in [5, 5.41) is 3.98. The highest BCUT2D eigenvalue weighted by atomic mass is 19.4. The highest BCUT2D eigenvalue weighted by Crippen LogP contribution is 2.24. The first-order valence-corrected chi connectivity index (χ1v) is 7.43. The van der Waals surface area contributed by atoms with Crippen LogP contribution in [0.1, 0.15) is 33.6 Å². The van der Waals surface area contributed by atoms with Crippen LogP contribution in [0.5, 0.6) is 0 Å². The molecule has 0 radical (unpaired) electrons. The maximum atomic E-state index is 12.6. The van der Waals surface area contributed by atoms with Gasteiger partial charge in [0.15, 0.2) is 0 Å². The molecular formula is C14H23F3N4O. The van der Waals surface area contributed by atoms with Crippen molar-refractivity contribution in [3.63, 3.8) is 0 Å². The molecule has 1 aromatic rings. The minimum atomic E-state index is -4.17. The monoisotopic (exact) mass is 320 g/mol. The Bertz CT molecular complexity index is 495. The van der Waals surface area contributed by atoms with E-state index in [1.165, 1.54) is 4.90 Å². The Kier molecular flexibility index (Phi) is 4.70. The summed E-state index contributed by atoms with van der Waals surface area (Å²) in [6.45, 7) is 8.82. The number of hydrogen-bond donors (Lipinski definition) is 0. The number of anilines is 1. The van der Waals surface area contributed by atoms with Gasteiger partial charge in [-0.25, -0.2) is 0 Å². The molecule has 1 atom stereocenters. The molecule has 1 saturated heterocycles. The van der Waals surface area contributed by atoms with Gasteiger partial charge in [-0.1, -0.05) is 27.7 Å². The lowest BCUT2D eigenvalue weighted by atomic mass is 9.97. The van der Waals surface area contributed by atoms with Gasteiger partial charge in [-0.15, -0.1) is 0 Å². The largest absolute Gasteiger partial charge is 0.401 e. The first kappa shape index (κ1) is 17.1. The minimum Gasteiger partial charge on any atom is -0.337 e. The molecule has 0 aromatic carbocycles. The van der Waals surface area contributed by atoms with Gasteiger partial charge in [0.2, 0.25) is 5.89 Å². The Morgan fingerprint density at radius 2 is 1.86 bits per heavy atom. The number of alkyl halides is 3. The topological polar surface area (TPSA) is 45.4 Å². The second kappa shape index (κ2) is 6.06. The van der Waals surface area contributed by atoms with E-state index in [0.29, 0.717) is 38.0 Å². The average molecular weight is 320 g/mol. The molecule has 0 saturated carbocycles. The van der Waals surface area contributed by atoms with Crippen molar-refractivity contribution in [1.29, 1.82) is 0 Å². The Morgan fingerprint density at radius 1 is 1.18 bits per heavy atom. The van der Waals surface area contributed by atoms with Gasteiger partial charge in [-0.05, 0) is 11.1 Å². The van der Waals surface area contributed by atoms with Crippen LogP contribution in [0.3, 0.4) is 0 Å². The van der Waals surface area contributed by atoms with E-state index in [9.17, 15) is 13.2 Å². The van der Waals surface area contributed by atoms with Crippen molar-refractivity contribution in [3.05, 3.63) is 5.89 Å². The standard InChI is InChI=1S/C14H23F3N4O/c1-10-7-20(9-14(15,16)17)5-6-21(8-10)12-18-11(22-19-12)13(2,3)4/h10H,5-9H2,1-4H3. The van der Waals surface area contributed by atoms with Crippen LogP contribution in [0.2, 0.25) is 0 Å². The van der Waals surface area contributed by atoms with E-state index in [2.05, 4.69) is 10.1 Å². The van der Waals surface area contributed by atoms with E-state index < -0.39 is 12.7 Å². The van der Waals surface area contributed by atoms with Crippen molar-refractivity contribution in [3.8, 4) is 0 Å². The molecule has 1 fully saturated rings. The summed E-state index contributed by atoms with van der Waals surface area (Å²) in [7, 11) is 0. The molecule has 0 spiro atoms. The third kappa shape index (κ3) is 4.59. The van der Waals surface area contributed by atoms with E-state index in [1.807, 2.05) is 32.6 Å². The summed E-state index contributed by atoms with van der Waals surface area (Å²) in [5.41, 5.74) is -0.245. The Labute approximate surface area is 128 Å². The molecule has 0 bridgehead atoms. The van der Waals surface area contributed by atoms with Crippen molar-refractivity contribution >= 4 is 5.95 Å². The maximum absolute atomic E-state index is 12.6. The minimum absolute atomic E-state index is 0.0986. The second-order valence-corrected chi connectivity index (χ2v) is 7.05. The van der Waals surface area contributed by atoms with Gasteiger partial charge in [0.25, 0.3) is 5.95 Å². The third-order valence-electron chi connectivity index (χ3n) is 3.53. The van der Waals surface area contributed by atoms with Gasteiger partial charge in [-0.3, -0.25) is 4.90 Å². The number of rotatable bonds is 2. The van der Waals surface area contributed by atoms with E-state index in [-0.39, 0.29) is 11.3 Å². The van der Waals surface area contributed by atoms with Gasteiger partial charge in [-0.2, -0.15) is 18.2 Å². The molecule has 22 heavy (non-hydrogen) atoms. The molecule has 0 amide bonds. The molecule has 5 nitrogen and oxygen atoms in total. The number of nitrogens with zero attached hydrogens (tertiary/aromatic N) is 4. The fourth-order valence-corrected chi connectivity index (χ4v) is 2.55. The maximum Gasteiger partial charge on any atom is 0.401 e. The Morgan fingerprint density at radius 3 is 2.41 bits per heavy atom. The lowest BCUT2D eigenvalue weighted by Gasteiger charge is -2.22. The summed E-state index contributed by atoms with van der Waals surface area (Å²) in [4.78, 5) is 7.73. The normalized spacial score (nSPS) is 22.0. The summed E-state index contributed by atoms with van der Waals surface area (Å²) in [6.07, 6.45) is -4.17. The van der Waals surface area contributed by atoms with Crippen LogP contribution in [-0.2, 0) is 5.41 Å². The first-order valence-electron chi connectivity index (χ1n) is 7.43. The van der Waals surface area contributed by atoms with Crippen molar-refractivity contribution < 1.29 is 17.7 Å². The number of halogens is 3. The predicted molar refractivity (Wildman–Crippen MR) is 76.9 cm³/mol. The molecule has 2 rings (SSSR count). The SMILES string of the molecule is CC1CN(CC(F)(F)F)CCN(c2noc(C(C)(C)C)n2)C1. The van der Waals surface area contributed by atoms with E-state index >= 15 is 0 Å². The zero-order valence-electron chi connectivity index (χ0n) is 13.4. The third-order valence-corrected chi connectivity index (χ3v) is 3.53. The summed E-state index contributed by atoms with van der Waals surface area (Å²) < 4.78 is 42.9. The van der Waals surface area contributed by atoms with Crippen molar-refractivity contribution in [2.75, 3.05) is 37.6 Å². The van der Waals surface area contributed by atoms with E-state index in [0.717, 1.165) is 0 Å². The molecule has 126 valence electrons. The van der Waals surface area contributed by atoms with Crippen LogP contribution < -0.4 is 4.90 Å². The van der Waals surface area contributed by atoms with Crippen LogP contribution in [0.4, 0.5) is 19.1 Å². The van der Waals surface area contributed by atoms with Crippen LogP contribution >= 0.6 is 0 Å². The zero-order chi connectivity index (χ0) is 16.5. The van der Waals surface area contributed by atoms with E-state index in [1.54, 1.807) is 0 Å². The first-order chi connectivity index (χ1) is 10.0. The second-order valence-electron chi connectivity index (χ2n) is 7.05. The van der Waals surface area contributed by atoms with Crippen molar-refractivity contribution in [2.45, 2.75) is 39.3 Å². The van der Waals surface area contributed by atoms with Gasteiger partial charge >= 0.3 is 6.18 Å². The predicted octanol–water partition coefficient (Wildman–Crippen LogP) is 2.69. The highest BCUT2D eigenvalue weighted by molar-refractivity contribution is 5.29. The molecule has 1 aliphatic rings. The van der Waals surface area contributed by atoms with Crippen LogP contribution in [-0.4, -0.2) is 53.9 Å². The van der Waals surface area contributed by atoms with Gasteiger partial charge in [0.1, 0.15) is 0 Å². The van der Waals surface area contributed by atoms with Gasteiger partial charge in [0.05, 0.1) is 6.54 Å². The molecule has 1 aliphatic heterocycles. The summed E-state index contributed by atoms with van der Waals surface area (Å²) in [6, 6.07) is 0. The highest BCUT2D eigenvalue weighted by Gasteiger charge is 2.33. The molecule has 8 heteroatoms. The molecular weight excluding hydrogens is 297 g/mol. The van der Waals surface area contributed by atoms with Crippen LogP contribution in [0.15, 0.2) is 4.52 Å². The smallest absolute Gasteiger partial charge is 0.337 e. The fourth-order valence-electron chi connectivity index (χ4n) is 2.55. The van der Waals surface area contributed by atoms with Crippen LogP contribution in [0.25, 0.3) is 0 Å². The molecule has 0 aliphatic carbocycles. The van der Waals surface area contributed by atoms with Crippen molar-refractivity contribution in [1.82, 2.24) is 15.0 Å². The van der Waals surface area contributed by atoms with Gasteiger partial charge < -0.3 is 9.42 Å². The number of aromatic nitrogens is 2. The lowest BCUT2D eigenvalue weighted by Crippen LogP contribution is -2.38. The summed E-state index contributed by atoms with van der Waals surface area (Å²) in [5.74, 6) is 1.10. The fraction of sp³-hybridized carbons (Fsp3) is 0.857. The van der Waals surface area contributed by atoms with Gasteiger partial charge in [0, 0.05) is 31.6 Å². The van der Waals surface area contributed by atoms with Crippen molar-refractivity contribution in [2.24, 2.45) is 5.92 Å². The molecule has 0 N–H and O–H groups in total. The zero-order valence-corrected chi connectivity index (χ0v) is 13.4. The number of hydrogen-bond acceptors (Lipinski definition) is 5. The molecule has 2 heterocycles. The average Bonchev–Trinajstić information content (AvgIpc) is 2.74. The Balaban J connectivity index is 2.06. The quantitative estimate of drug-likeness (QED) is 0.838. The Hall–Kier alpha value is -1.31.